The normalized spacial score (nSPS) is 19.6. The third kappa shape index (κ3) is 5.20. The third-order valence-electron chi connectivity index (χ3n) is 6.16. The lowest BCUT2D eigenvalue weighted by molar-refractivity contribution is -0.110. The van der Waals surface area contributed by atoms with Crippen molar-refractivity contribution in [1.82, 2.24) is 15.2 Å². The van der Waals surface area contributed by atoms with Crippen molar-refractivity contribution in [3.63, 3.8) is 0 Å². The van der Waals surface area contributed by atoms with Gasteiger partial charge in [0.05, 0.1) is 28.7 Å². The largest absolute Gasteiger partial charge is 0.390 e. The molecular weight excluding hydrogens is 480 g/mol. The maximum Gasteiger partial charge on any atom is 0.256 e. The van der Waals surface area contributed by atoms with E-state index in [-0.39, 0.29) is 36.4 Å². The number of nitrogens with one attached hydrogen (secondary N) is 3. The van der Waals surface area contributed by atoms with Gasteiger partial charge in [-0.3, -0.25) is 14.5 Å². The first-order valence-electron chi connectivity index (χ1n) is 11.0. The summed E-state index contributed by atoms with van der Waals surface area (Å²) >= 11 is 6.10. The second-order valence-electron chi connectivity index (χ2n) is 8.68. The summed E-state index contributed by atoms with van der Waals surface area (Å²) in [6.07, 6.45) is 0.880. The molecule has 2 amide bonds. The maximum atomic E-state index is 12.9. The van der Waals surface area contributed by atoms with E-state index in [1.807, 2.05) is 4.90 Å². The van der Waals surface area contributed by atoms with Crippen LogP contribution in [0.3, 0.4) is 0 Å². The van der Waals surface area contributed by atoms with Gasteiger partial charge < -0.3 is 20.7 Å². The number of aliphatic hydroxyl groups is 1. The third-order valence-corrected chi connectivity index (χ3v) is 8.01. The molecule has 9 nitrogen and oxygen atoms in total. The fraction of sp³-hybridized carbons (Fsp3) is 0.391. The summed E-state index contributed by atoms with van der Waals surface area (Å²) in [5, 5.41) is 16.4. The Morgan fingerprint density at radius 2 is 2.00 bits per heavy atom. The second kappa shape index (κ2) is 9.53. The number of hydrogen-bond acceptors (Lipinski definition) is 6. The molecule has 182 valence electrons. The van der Waals surface area contributed by atoms with Crippen LogP contribution in [0, 0.1) is 13.8 Å². The second-order valence-corrected chi connectivity index (χ2v) is 11.4. The summed E-state index contributed by atoms with van der Waals surface area (Å²) in [5.41, 5.74) is 4.24. The number of β-amino-alcohol motifs (C(OH)–C–C–N with tert-alkyl or cyclic N) is 1. The molecule has 2 aromatic rings. The molecule has 1 saturated heterocycles. The van der Waals surface area contributed by atoms with Crippen molar-refractivity contribution in [1.29, 1.82) is 0 Å². The Hall–Kier alpha value is -2.66. The topological polar surface area (TPSA) is 132 Å². The van der Waals surface area contributed by atoms with Crippen molar-refractivity contribution < 1.29 is 23.1 Å². The summed E-state index contributed by atoms with van der Waals surface area (Å²) in [4.78, 5) is 30.4. The molecule has 34 heavy (non-hydrogen) atoms. The molecule has 2 aliphatic heterocycles. The summed E-state index contributed by atoms with van der Waals surface area (Å²) in [7, 11) is -2.98. The van der Waals surface area contributed by atoms with E-state index in [4.69, 9.17) is 11.6 Å². The van der Waals surface area contributed by atoms with E-state index >= 15 is 0 Å². The van der Waals surface area contributed by atoms with Crippen molar-refractivity contribution >= 4 is 50.6 Å². The molecule has 1 unspecified atom stereocenters. The van der Waals surface area contributed by atoms with Crippen LogP contribution in [0.4, 0.5) is 5.69 Å². The molecule has 0 radical (unpaired) electrons. The number of benzene rings is 1. The molecule has 1 aromatic carbocycles. The number of H-pyrrole nitrogens is 1. The number of hydrogen-bond donors (Lipinski definition) is 4. The number of halogens is 1. The van der Waals surface area contributed by atoms with Gasteiger partial charge in [0.25, 0.3) is 11.8 Å². The molecule has 4 N–H and O–H groups in total. The molecule has 0 aliphatic carbocycles. The van der Waals surface area contributed by atoms with E-state index in [2.05, 4.69) is 15.6 Å². The smallest absolute Gasteiger partial charge is 0.256 e. The summed E-state index contributed by atoms with van der Waals surface area (Å²) in [6.45, 7) is 4.65. The van der Waals surface area contributed by atoms with Crippen molar-refractivity contribution in [2.45, 2.75) is 20.0 Å². The zero-order valence-corrected chi connectivity index (χ0v) is 20.5. The average Bonchev–Trinajstić information content (AvgIpc) is 3.23. The quantitative estimate of drug-likeness (QED) is 0.440. The van der Waals surface area contributed by atoms with E-state index in [9.17, 15) is 23.1 Å². The van der Waals surface area contributed by atoms with E-state index in [0.29, 0.717) is 57.5 Å². The Bertz CT molecular complexity index is 1270. The number of nitrogens with zero attached hydrogens (tertiary/aromatic N) is 1. The summed E-state index contributed by atoms with van der Waals surface area (Å²) in [5.74, 6) is -0.416. The number of rotatable bonds is 6. The van der Waals surface area contributed by atoms with Gasteiger partial charge in [0.1, 0.15) is 0 Å². The predicted octanol–water partition coefficient (Wildman–Crippen LogP) is 1.60. The van der Waals surface area contributed by atoms with Gasteiger partial charge in [-0.25, -0.2) is 8.42 Å². The van der Waals surface area contributed by atoms with Crippen molar-refractivity contribution in [3.05, 3.63) is 51.3 Å². The molecule has 3 heterocycles. The fourth-order valence-corrected chi connectivity index (χ4v) is 5.75. The molecule has 2 aliphatic rings. The number of fused-ring (bicyclic) bond motifs is 1. The number of aliphatic hydroxyl groups excluding tert-OH is 1. The standard InChI is InChI=1S/C23H27ClN4O5S/c1-13-20(10-18-17-9-15(24)3-4-19(17)27-22(18)30)26-14(2)21(13)23(31)25-11-16(29)12-28-5-7-34(32,33)8-6-28/h3-4,9-10,16,26,29H,5-8,11-12H2,1-2H3,(H,25,31)(H,27,30)/b18-10-. The van der Waals surface area contributed by atoms with Crippen LogP contribution in [0.5, 0.6) is 0 Å². The minimum absolute atomic E-state index is 0.0385. The molecule has 1 fully saturated rings. The highest BCUT2D eigenvalue weighted by Crippen LogP contribution is 2.35. The first-order valence-corrected chi connectivity index (χ1v) is 13.1. The average molecular weight is 507 g/mol. The molecule has 11 heteroatoms. The molecule has 4 rings (SSSR count). The van der Waals surface area contributed by atoms with Crippen molar-refractivity contribution in [2.75, 3.05) is 43.0 Å². The number of carbonyl (C=O) groups excluding carboxylic acids is 2. The maximum absolute atomic E-state index is 12.9. The first kappa shape index (κ1) is 24.5. The lowest BCUT2D eigenvalue weighted by atomic mass is 10.0. The zero-order chi connectivity index (χ0) is 24.6. The Balaban J connectivity index is 1.44. The molecule has 0 spiro atoms. The zero-order valence-electron chi connectivity index (χ0n) is 18.9. The van der Waals surface area contributed by atoms with Crippen molar-refractivity contribution in [3.8, 4) is 0 Å². The Morgan fingerprint density at radius 3 is 2.71 bits per heavy atom. The minimum atomic E-state index is -2.98. The van der Waals surface area contributed by atoms with E-state index < -0.39 is 15.9 Å². The monoisotopic (exact) mass is 506 g/mol. The van der Waals surface area contributed by atoms with Crippen LogP contribution in [0.15, 0.2) is 18.2 Å². The number of carbonyl (C=O) groups is 2. The van der Waals surface area contributed by atoms with Gasteiger partial charge in [-0.15, -0.1) is 0 Å². The molecule has 1 aromatic heterocycles. The van der Waals surface area contributed by atoms with Crippen molar-refractivity contribution in [2.24, 2.45) is 0 Å². The van der Waals surface area contributed by atoms with Gasteiger partial charge in [-0.05, 0) is 43.7 Å². The number of amides is 2. The van der Waals surface area contributed by atoms with Gasteiger partial charge in [-0.1, -0.05) is 11.6 Å². The van der Waals surface area contributed by atoms with Crippen LogP contribution in [-0.2, 0) is 14.6 Å². The lowest BCUT2D eigenvalue weighted by Gasteiger charge is -2.28. The number of aryl methyl sites for hydroxylation is 1. The number of aromatic amines is 1. The number of aromatic nitrogens is 1. The highest BCUT2D eigenvalue weighted by atomic mass is 35.5. The number of sulfone groups is 1. The number of anilines is 1. The molecule has 0 saturated carbocycles. The molecular formula is C23H27ClN4O5S. The predicted molar refractivity (Wildman–Crippen MR) is 132 cm³/mol. The molecule has 1 atom stereocenters. The summed E-state index contributed by atoms with van der Waals surface area (Å²) in [6, 6.07) is 5.17. The van der Waals surface area contributed by atoms with Crippen LogP contribution in [0.1, 0.15) is 32.9 Å². The van der Waals surface area contributed by atoms with E-state index in [1.165, 1.54) is 0 Å². The summed E-state index contributed by atoms with van der Waals surface area (Å²) < 4.78 is 23.1. The van der Waals surface area contributed by atoms with Gasteiger partial charge in [0.15, 0.2) is 9.84 Å². The van der Waals surface area contributed by atoms with Crippen LogP contribution < -0.4 is 10.6 Å². The van der Waals surface area contributed by atoms with Gasteiger partial charge in [0.2, 0.25) is 0 Å². The highest BCUT2D eigenvalue weighted by molar-refractivity contribution is 7.91. The highest BCUT2D eigenvalue weighted by Gasteiger charge is 2.27. The SMILES string of the molecule is Cc1[nH]c(/C=C2\C(=O)Nc3ccc(Cl)cc32)c(C)c1C(=O)NCC(O)CN1CCS(=O)(=O)CC1. The fourth-order valence-electron chi connectivity index (χ4n) is 4.30. The van der Waals surface area contributed by atoms with Crippen LogP contribution in [0.2, 0.25) is 5.02 Å². The Labute approximate surface area is 203 Å². The van der Waals surface area contributed by atoms with Crippen LogP contribution in [-0.4, -0.2) is 79.0 Å². The molecule has 0 bridgehead atoms. The van der Waals surface area contributed by atoms with Crippen LogP contribution in [0.25, 0.3) is 11.6 Å². The van der Waals surface area contributed by atoms with Crippen LogP contribution >= 0.6 is 11.6 Å². The lowest BCUT2D eigenvalue weighted by Crippen LogP contribution is -2.46. The Kier molecular flexibility index (Phi) is 6.86. The first-order chi connectivity index (χ1) is 16.0. The Morgan fingerprint density at radius 1 is 1.29 bits per heavy atom. The van der Waals surface area contributed by atoms with E-state index in [0.717, 1.165) is 0 Å². The van der Waals surface area contributed by atoms with Gasteiger partial charge in [-0.2, -0.15) is 0 Å². The van der Waals surface area contributed by atoms with Gasteiger partial charge in [0, 0.05) is 53.8 Å². The minimum Gasteiger partial charge on any atom is -0.390 e. The van der Waals surface area contributed by atoms with Gasteiger partial charge >= 0.3 is 0 Å². The van der Waals surface area contributed by atoms with E-state index in [1.54, 1.807) is 38.1 Å².